The van der Waals surface area contributed by atoms with Gasteiger partial charge < -0.3 is 9.88 Å². The molecule has 0 spiro atoms. The van der Waals surface area contributed by atoms with Crippen molar-refractivity contribution in [2.45, 2.75) is 26.4 Å². The number of aromatic nitrogens is 2. The Kier molecular flexibility index (Phi) is 2.75. The molecule has 1 aliphatic rings. The van der Waals surface area contributed by atoms with Gasteiger partial charge in [0.2, 0.25) is 0 Å². The second kappa shape index (κ2) is 3.46. The number of nitrogens with one attached hydrogen (secondary N) is 1. The van der Waals surface area contributed by atoms with Crippen molar-refractivity contribution in [3.05, 3.63) is 17.7 Å². The first kappa shape index (κ1) is 9.55. The second-order valence-electron chi connectivity index (χ2n) is 3.11. The molecular weight excluding hydrogens is 174 g/mol. The molecule has 1 aromatic rings. The van der Waals surface area contributed by atoms with Gasteiger partial charge in [-0.25, -0.2) is 4.98 Å². The maximum Gasteiger partial charge on any atom is 0.125 e. The summed E-state index contributed by atoms with van der Waals surface area (Å²) in [6, 6.07) is 0.414. The van der Waals surface area contributed by atoms with E-state index in [1.165, 1.54) is 5.82 Å². The molecule has 1 N–H and O–H groups in total. The molecule has 1 aliphatic heterocycles. The molecule has 68 valence electrons. The summed E-state index contributed by atoms with van der Waals surface area (Å²) in [6.07, 6.45) is 2.12. The number of hydrogen-bond acceptors (Lipinski definition) is 2. The van der Waals surface area contributed by atoms with Crippen molar-refractivity contribution in [3.8, 4) is 0 Å². The van der Waals surface area contributed by atoms with Crippen LogP contribution in [-0.4, -0.2) is 16.1 Å². The van der Waals surface area contributed by atoms with Crippen molar-refractivity contribution < 1.29 is 0 Å². The zero-order valence-corrected chi connectivity index (χ0v) is 8.19. The third-order valence-corrected chi connectivity index (χ3v) is 2.12. The zero-order valence-electron chi connectivity index (χ0n) is 7.37. The third kappa shape index (κ3) is 1.47. The normalized spacial score (nSPS) is 21.3. The first-order valence-electron chi connectivity index (χ1n) is 4.04. The molecular formula is C8H14ClN3. The van der Waals surface area contributed by atoms with Gasteiger partial charge in [-0.05, 0) is 13.8 Å². The molecule has 2 rings (SSSR count). The average molecular weight is 188 g/mol. The predicted octanol–water partition coefficient (Wildman–Crippen LogP) is 1.28. The SMILES string of the molecule is Cc1cn2c(n1)C(C)NCC2.Cl. The van der Waals surface area contributed by atoms with Crippen LogP contribution in [0.4, 0.5) is 0 Å². The van der Waals surface area contributed by atoms with Gasteiger partial charge in [0.1, 0.15) is 5.82 Å². The van der Waals surface area contributed by atoms with Crippen LogP contribution in [-0.2, 0) is 6.54 Å². The predicted molar refractivity (Wildman–Crippen MR) is 50.6 cm³/mol. The second-order valence-corrected chi connectivity index (χ2v) is 3.11. The van der Waals surface area contributed by atoms with Crippen LogP contribution < -0.4 is 5.32 Å². The summed E-state index contributed by atoms with van der Waals surface area (Å²) in [5, 5.41) is 3.37. The van der Waals surface area contributed by atoms with Crippen molar-refractivity contribution in [1.82, 2.24) is 14.9 Å². The molecule has 1 atom stereocenters. The van der Waals surface area contributed by atoms with Crippen LogP contribution >= 0.6 is 12.4 Å². The van der Waals surface area contributed by atoms with Crippen LogP contribution in [0, 0.1) is 6.92 Å². The van der Waals surface area contributed by atoms with Gasteiger partial charge in [0.05, 0.1) is 11.7 Å². The lowest BCUT2D eigenvalue weighted by Crippen LogP contribution is -2.31. The Morgan fingerprint density at radius 3 is 3.08 bits per heavy atom. The molecule has 3 nitrogen and oxygen atoms in total. The highest BCUT2D eigenvalue weighted by Crippen LogP contribution is 2.15. The van der Waals surface area contributed by atoms with Gasteiger partial charge in [-0.15, -0.1) is 12.4 Å². The van der Waals surface area contributed by atoms with Gasteiger partial charge in [-0.2, -0.15) is 0 Å². The Hall–Kier alpha value is -0.540. The first-order chi connectivity index (χ1) is 5.27. The van der Waals surface area contributed by atoms with E-state index < -0.39 is 0 Å². The van der Waals surface area contributed by atoms with E-state index in [0.29, 0.717) is 6.04 Å². The average Bonchev–Trinajstić information content (AvgIpc) is 2.31. The number of hydrogen-bond donors (Lipinski definition) is 1. The largest absolute Gasteiger partial charge is 0.332 e. The highest BCUT2D eigenvalue weighted by Gasteiger charge is 2.16. The summed E-state index contributed by atoms with van der Waals surface area (Å²) in [5.74, 6) is 1.17. The van der Waals surface area contributed by atoms with E-state index in [4.69, 9.17) is 0 Å². The summed E-state index contributed by atoms with van der Waals surface area (Å²) in [6.45, 7) is 6.31. The maximum absolute atomic E-state index is 4.43. The molecule has 0 fully saturated rings. The summed E-state index contributed by atoms with van der Waals surface area (Å²) >= 11 is 0. The van der Waals surface area contributed by atoms with E-state index in [1.54, 1.807) is 0 Å². The van der Waals surface area contributed by atoms with E-state index in [0.717, 1.165) is 18.8 Å². The van der Waals surface area contributed by atoms with Crippen molar-refractivity contribution in [1.29, 1.82) is 0 Å². The standard InChI is InChI=1S/C8H13N3.ClH/c1-6-5-11-4-3-9-7(2)8(11)10-6;/h5,7,9H,3-4H2,1-2H3;1H. The minimum Gasteiger partial charge on any atom is -0.332 e. The summed E-state index contributed by atoms with van der Waals surface area (Å²) in [7, 11) is 0. The number of halogens is 1. The minimum atomic E-state index is 0. The molecule has 12 heavy (non-hydrogen) atoms. The molecule has 0 aromatic carbocycles. The lowest BCUT2D eigenvalue weighted by Gasteiger charge is -2.21. The van der Waals surface area contributed by atoms with Gasteiger partial charge in [-0.3, -0.25) is 0 Å². The third-order valence-electron chi connectivity index (χ3n) is 2.12. The van der Waals surface area contributed by atoms with Crippen molar-refractivity contribution in [2.24, 2.45) is 0 Å². The Balaban J connectivity index is 0.000000720. The van der Waals surface area contributed by atoms with E-state index in [9.17, 15) is 0 Å². The van der Waals surface area contributed by atoms with Gasteiger partial charge in [0.25, 0.3) is 0 Å². The fourth-order valence-electron chi connectivity index (χ4n) is 1.58. The first-order valence-corrected chi connectivity index (χ1v) is 4.04. The topological polar surface area (TPSA) is 29.9 Å². The maximum atomic E-state index is 4.43. The van der Waals surface area contributed by atoms with Crippen molar-refractivity contribution in [3.63, 3.8) is 0 Å². The van der Waals surface area contributed by atoms with Gasteiger partial charge >= 0.3 is 0 Å². The lowest BCUT2D eigenvalue weighted by atomic mass is 10.2. The quantitative estimate of drug-likeness (QED) is 0.663. The molecule has 4 heteroatoms. The van der Waals surface area contributed by atoms with Crippen LogP contribution in [0.3, 0.4) is 0 Å². The van der Waals surface area contributed by atoms with Gasteiger partial charge in [0.15, 0.2) is 0 Å². The van der Waals surface area contributed by atoms with E-state index in [-0.39, 0.29) is 12.4 Å². The molecule has 0 amide bonds. The lowest BCUT2D eigenvalue weighted by molar-refractivity contribution is 0.437. The van der Waals surface area contributed by atoms with Crippen LogP contribution in [0.1, 0.15) is 24.5 Å². The Morgan fingerprint density at radius 2 is 2.42 bits per heavy atom. The fraction of sp³-hybridized carbons (Fsp3) is 0.625. The van der Waals surface area contributed by atoms with Gasteiger partial charge in [-0.1, -0.05) is 0 Å². The van der Waals surface area contributed by atoms with Gasteiger partial charge in [0, 0.05) is 19.3 Å². The monoisotopic (exact) mass is 187 g/mol. The van der Waals surface area contributed by atoms with E-state index >= 15 is 0 Å². The van der Waals surface area contributed by atoms with Crippen molar-refractivity contribution >= 4 is 12.4 Å². The molecule has 1 unspecified atom stereocenters. The molecule has 0 radical (unpaired) electrons. The summed E-state index contributed by atoms with van der Waals surface area (Å²) < 4.78 is 2.23. The zero-order chi connectivity index (χ0) is 7.84. The van der Waals surface area contributed by atoms with Crippen LogP contribution in [0.2, 0.25) is 0 Å². The van der Waals surface area contributed by atoms with Crippen LogP contribution in [0.5, 0.6) is 0 Å². The molecule has 1 aromatic heterocycles. The number of fused-ring (bicyclic) bond motifs is 1. The molecule has 0 saturated carbocycles. The van der Waals surface area contributed by atoms with Crippen LogP contribution in [0.15, 0.2) is 6.20 Å². The van der Waals surface area contributed by atoms with E-state index in [1.807, 2.05) is 6.92 Å². The Labute approximate surface area is 78.6 Å². The molecule has 2 heterocycles. The molecule has 0 aliphatic carbocycles. The number of imidazole rings is 1. The summed E-state index contributed by atoms with van der Waals surface area (Å²) in [5.41, 5.74) is 1.12. The smallest absolute Gasteiger partial charge is 0.125 e. The molecule has 0 saturated heterocycles. The molecule has 0 bridgehead atoms. The van der Waals surface area contributed by atoms with E-state index in [2.05, 4.69) is 28.0 Å². The highest BCUT2D eigenvalue weighted by atomic mass is 35.5. The number of aryl methyl sites for hydroxylation is 1. The van der Waals surface area contributed by atoms with Crippen LogP contribution in [0.25, 0.3) is 0 Å². The Bertz CT molecular complexity index is 269. The summed E-state index contributed by atoms with van der Waals surface area (Å²) in [4.78, 5) is 4.43. The number of rotatable bonds is 0. The Morgan fingerprint density at radius 1 is 1.67 bits per heavy atom. The number of nitrogens with zero attached hydrogens (tertiary/aromatic N) is 2. The van der Waals surface area contributed by atoms with Crippen molar-refractivity contribution in [2.75, 3.05) is 6.54 Å². The minimum absolute atomic E-state index is 0. The fourth-order valence-corrected chi connectivity index (χ4v) is 1.58. The highest BCUT2D eigenvalue weighted by molar-refractivity contribution is 5.85.